The minimum Gasteiger partial charge on any atom is -0.481 e. The highest BCUT2D eigenvalue weighted by Gasteiger charge is 2.48. The molecule has 2 aromatic rings. The quantitative estimate of drug-likeness (QED) is 0.796. The number of carbonyl (C=O) groups is 2. The predicted octanol–water partition coefficient (Wildman–Crippen LogP) is 3.92. The molecule has 1 aromatic heterocycles. The SMILES string of the molecule is O=C(O)[C@H]1CN(C(=O)C2CC=CCC2c2nc3ccccc3s2)C[C@@H]1C1CC1. The molecule has 1 saturated heterocycles. The number of likely N-dealkylation sites (tertiary alicyclic amines) is 1. The molecule has 28 heavy (non-hydrogen) atoms. The van der Waals surface area contributed by atoms with Gasteiger partial charge in [-0.15, -0.1) is 11.3 Å². The van der Waals surface area contributed by atoms with Crippen molar-refractivity contribution in [3.63, 3.8) is 0 Å². The van der Waals surface area contributed by atoms with Crippen LogP contribution in [0.3, 0.4) is 0 Å². The molecule has 2 heterocycles. The Labute approximate surface area is 168 Å². The molecule has 6 heteroatoms. The Morgan fingerprint density at radius 2 is 1.86 bits per heavy atom. The number of para-hydroxylation sites is 1. The zero-order valence-electron chi connectivity index (χ0n) is 15.7. The van der Waals surface area contributed by atoms with E-state index in [9.17, 15) is 14.7 Å². The van der Waals surface area contributed by atoms with Crippen molar-refractivity contribution in [1.82, 2.24) is 9.88 Å². The van der Waals surface area contributed by atoms with E-state index in [1.165, 1.54) is 0 Å². The normalized spacial score (nSPS) is 30.1. The Hall–Kier alpha value is -2.21. The lowest BCUT2D eigenvalue weighted by Crippen LogP contribution is -2.38. The van der Waals surface area contributed by atoms with Gasteiger partial charge in [-0.2, -0.15) is 0 Å². The van der Waals surface area contributed by atoms with Gasteiger partial charge in [0, 0.05) is 19.0 Å². The molecule has 3 aliphatic rings. The molecule has 0 bridgehead atoms. The van der Waals surface area contributed by atoms with Crippen molar-refractivity contribution in [3.8, 4) is 0 Å². The number of carbonyl (C=O) groups excluding carboxylic acids is 1. The smallest absolute Gasteiger partial charge is 0.308 e. The second-order valence-corrected chi connectivity index (χ2v) is 9.43. The number of hydrogen-bond acceptors (Lipinski definition) is 4. The molecule has 0 radical (unpaired) electrons. The summed E-state index contributed by atoms with van der Waals surface area (Å²) in [5.74, 6) is -0.485. The lowest BCUT2D eigenvalue weighted by Gasteiger charge is -2.30. The number of fused-ring (bicyclic) bond motifs is 1. The molecule has 0 spiro atoms. The van der Waals surface area contributed by atoms with E-state index < -0.39 is 11.9 Å². The Morgan fingerprint density at radius 1 is 1.07 bits per heavy atom. The molecule has 1 aromatic carbocycles. The minimum atomic E-state index is -0.751. The molecule has 5 nitrogen and oxygen atoms in total. The molecule has 2 aliphatic carbocycles. The first-order valence-corrected chi connectivity index (χ1v) is 11.0. The Balaban J connectivity index is 1.39. The van der Waals surface area contributed by atoms with E-state index in [4.69, 9.17) is 4.98 Å². The highest BCUT2D eigenvalue weighted by atomic mass is 32.1. The minimum absolute atomic E-state index is 0.0816. The second kappa shape index (κ2) is 6.99. The van der Waals surface area contributed by atoms with E-state index in [1.807, 2.05) is 23.1 Å². The number of carboxylic acid groups (broad SMARTS) is 1. The van der Waals surface area contributed by atoms with Gasteiger partial charge in [-0.05, 0) is 49.7 Å². The van der Waals surface area contributed by atoms with Crippen LogP contribution in [-0.2, 0) is 9.59 Å². The molecule has 4 atom stereocenters. The molecule has 5 rings (SSSR count). The average molecular weight is 397 g/mol. The fourth-order valence-electron chi connectivity index (χ4n) is 4.92. The van der Waals surface area contributed by atoms with E-state index in [1.54, 1.807) is 11.3 Å². The van der Waals surface area contributed by atoms with Gasteiger partial charge in [0.2, 0.25) is 5.91 Å². The fourth-order valence-corrected chi connectivity index (χ4v) is 6.06. The third-order valence-electron chi connectivity index (χ3n) is 6.60. The third-order valence-corrected chi connectivity index (χ3v) is 7.77. The predicted molar refractivity (Wildman–Crippen MR) is 108 cm³/mol. The topological polar surface area (TPSA) is 70.5 Å². The number of rotatable bonds is 4. The molecule has 1 N–H and O–H groups in total. The van der Waals surface area contributed by atoms with Crippen molar-refractivity contribution in [2.24, 2.45) is 23.7 Å². The van der Waals surface area contributed by atoms with Gasteiger partial charge in [-0.25, -0.2) is 4.98 Å². The van der Waals surface area contributed by atoms with Gasteiger partial charge in [0.1, 0.15) is 0 Å². The number of carboxylic acids is 1. The highest BCUT2D eigenvalue weighted by Crippen LogP contribution is 2.45. The van der Waals surface area contributed by atoms with E-state index in [0.29, 0.717) is 25.4 Å². The first kappa shape index (κ1) is 17.9. The summed E-state index contributed by atoms with van der Waals surface area (Å²) >= 11 is 1.68. The summed E-state index contributed by atoms with van der Waals surface area (Å²) < 4.78 is 1.15. The zero-order chi connectivity index (χ0) is 19.3. The standard InChI is InChI=1S/C22H24N2O3S/c25-21(24-11-16(13-9-10-13)17(12-24)22(26)27)15-6-2-1-5-14(15)20-23-18-7-3-4-8-19(18)28-20/h1-4,7-8,13-17H,5-6,9-12H2,(H,26,27)/t14?,15?,16-,17+/m1/s1. The first-order valence-electron chi connectivity index (χ1n) is 10.1. The van der Waals surface area contributed by atoms with Crippen LogP contribution in [0.15, 0.2) is 36.4 Å². The van der Waals surface area contributed by atoms with Crippen LogP contribution in [0.1, 0.15) is 36.6 Å². The number of amides is 1. The first-order chi connectivity index (χ1) is 13.6. The van der Waals surface area contributed by atoms with Crippen molar-refractivity contribution < 1.29 is 14.7 Å². The molecule has 1 amide bonds. The van der Waals surface area contributed by atoms with Crippen LogP contribution in [-0.4, -0.2) is 40.0 Å². The average Bonchev–Trinajstić information content (AvgIpc) is 3.30. The summed E-state index contributed by atoms with van der Waals surface area (Å²) in [7, 11) is 0. The largest absolute Gasteiger partial charge is 0.481 e. The third kappa shape index (κ3) is 3.13. The van der Waals surface area contributed by atoms with Gasteiger partial charge in [0.05, 0.1) is 27.1 Å². The number of aromatic nitrogens is 1. The lowest BCUT2D eigenvalue weighted by atomic mass is 9.82. The molecule has 1 aliphatic heterocycles. The van der Waals surface area contributed by atoms with Crippen LogP contribution in [0.25, 0.3) is 10.2 Å². The molecule has 1 saturated carbocycles. The molecule has 2 unspecified atom stereocenters. The summed E-state index contributed by atoms with van der Waals surface area (Å²) in [6.45, 7) is 0.968. The molecule has 146 valence electrons. The van der Waals surface area contributed by atoms with Gasteiger partial charge in [0.15, 0.2) is 0 Å². The van der Waals surface area contributed by atoms with Crippen molar-refractivity contribution in [1.29, 1.82) is 0 Å². The van der Waals surface area contributed by atoms with Gasteiger partial charge in [-0.3, -0.25) is 9.59 Å². The Morgan fingerprint density at radius 3 is 2.61 bits per heavy atom. The lowest BCUT2D eigenvalue weighted by molar-refractivity contribution is -0.143. The van der Waals surface area contributed by atoms with Crippen LogP contribution < -0.4 is 0 Å². The number of hydrogen-bond donors (Lipinski definition) is 1. The summed E-state index contributed by atoms with van der Waals surface area (Å²) in [6.07, 6.45) is 7.99. The van der Waals surface area contributed by atoms with Gasteiger partial charge < -0.3 is 10.0 Å². The Bertz CT molecular complexity index is 915. The van der Waals surface area contributed by atoms with Crippen LogP contribution in [0.4, 0.5) is 0 Å². The van der Waals surface area contributed by atoms with Gasteiger partial charge in [0.25, 0.3) is 0 Å². The maximum atomic E-state index is 13.4. The van der Waals surface area contributed by atoms with E-state index in [0.717, 1.165) is 34.5 Å². The van der Waals surface area contributed by atoms with Gasteiger partial charge >= 0.3 is 5.97 Å². The number of aliphatic carboxylic acids is 1. The molecule has 2 fully saturated rings. The van der Waals surface area contributed by atoms with Crippen molar-refractivity contribution in [2.75, 3.05) is 13.1 Å². The van der Waals surface area contributed by atoms with Crippen molar-refractivity contribution >= 4 is 33.4 Å². The summed E-state index contributed by atoms with van der Waals surface area (Å²) in [5, 5.41) is 10.6. The van der Waals surface area contributed by atoms with Crippen LogP contribution in [0, 0.1) is 23.7 Å². The number of benzene rings is 1. The highest BCUT2D eigenvalue weighted by molar-refractivity contribution is 7.18. The number of nitrogens with zero attached hydrogens (tertiary/aromatic N) is 2. The molecular formula is C22H24N2O3S. The van der Waals surface area contributed by atoms with Crippen molar-refractivity contribution in [2.45, 2.75) is 31.6 Å². The summed E-state index contributed by atoms with van der Waals surface area (Å²) in [5.41, 5.74) is 0.990. The maximum absolute atomic E-state index is 13.4. The summed E-state index contributed by atoms with van der Waals surface area (Å²) in [6, 6.07) is 8.10. The van der Waals surface area contributed by atoms with Crippen LogP contribution in [0.2, 0.25) is 0 Å². The van der Waals surface area contributed by atoms with Crippen LogP contribution in [0.5, 0.6) is 0 Å². The van der Waals surface area contributed by atoms with E-state index >= 15 is 0 Å². The van der Waals surface area contributed by atoms with E-state index in [2.05, 4.69) is 18.2 Å². The zero-order valence-corrected chi connectivity index (χ0v) is 16.5. The second-order valence-electron chi connectivity index (χ2n) is 8.36. The van der Waals surface area contributed by atoms with Crippen molar-refractivity contribution in [3.05, 3.63) is 41.4 Å². The fraction of sp³-hybridized carbons (Fsp3) is 0.500. The van der Waals surface area contributed by atoms with E-state index in [-0.39, 0.29) is 23.7 Å². The molecular weight excluding hydrogens is 372 g/mol. The Kier molecular flexibility index (Phi) is 4.46. The number of thiazole rings is 1. The summed E-state index contributed by atoms with van der Waals surface area (Å²) in [4.78, 5) is 31.8. The van der Waals surface area contributed by atoms with Gasteiger partial charge in [-0.1, -0.05) is 24.3 Å². The number of allylic oxidation sites excluding steroid dienone is 2. The maximum Gasteiger partial charge on any atom is 0.308 e. The van der Waals surface area contributed by atoms with Crippen LogP contribution >= 0.6 is 11.3 Å². The monoisotopic (exact) mass is 396 g/mol.